The van der Waals surface area contributed by atoms with Gasteiger partial charge in [0, 0.05) is 19.0 Å². The van der Waals surface area contributed by atoms with Crippen molar-refractivity contribution in [3.8, 4) is 17.2 Å². The molecule has 0 bridgehead atoms. The van der Waals surface area contributed by atoms with Gasteiger partial charge in [-0.1, -0.05) is 23.8 Å². The molecule has 1 atom stereocenters. The van der Waals surface area contributed by atoms with E-state index in [2.05, 4.69) is 19.1 Å². The molecule has 5 nitrogen and oxygen atoms in total. The predicted molar refractivity (Wildman–Crippen MR) is 109 cm³/mol. The van der Waals surface area contributed by atoms with Crippen LogP contribution in [0.5, 0.6) is 17.2 Å². The highest BCUT2D eigenvalue weighted by molar-refractivity contribution is 5.79. The van der Waals surface area contributed by atoms with Crippen LogP contribution in [-0.2, 0) is 11.2 Å². The lowest BCUT2D eigenvalue weighted by Gasteiger charge is -2.32. The molecule has 3 rings (SSSR count). The summed E-state index contributed by atoms with van der Waals surface area (Å²) in [4.78, 5) is 14.8. The van der Waals surface area contributed by atoms with Gasteiger partial charge in [-0.3, -0.25) is 4.79 Å². The van der Waals surface area contributed by atoms with E-state index in [-0.39, 0.29) is 5.91 Å². The van der Waals surface area contributed by atoms with Gasteiger partial charge in [0.15, 0.2) is 11.5 Å². The molecule has 1 saturated heterocycles. The number of benzene rings is 2. The van der Waals surface area contributed by atoms with Crippen LogP contribution in [0.1, 0.15) is 24.0 Å². The fraction of sp³-hybridized carbons (Fsp3) is 0.435. The van der Waals surface area contributed by atoms with Crippen molar-refractivity contribution in [3.63, 3.8) is 0 Å². The fourth-order valence-electron chi connectivity index (χ4n) is 3.55. The molecule has 5 heteroatoms. The highest BCUT2D eigenvalue weighted by Crippen LogP contribution is 2.28. The molecule has 1 unspecified atom stereocenters. The topological polar surface area (TPSA) is 48.0 Å². The Balaban J connectivity index is 1.54. The largest absolute Gasteiger partial charge is 0.493 e. The molecule has 2 aromatic carbocycles. The Labute approximate surface area is 167 Å². The Hall–Kier alpha value is -2.69. The molecule has 28 heavy (non-hydrogen) atoms. The summed E-state index contributed by atoms with van der Waals surface area (Å²) in [5.41, 5.74) is 2.15. The van der Waals surface area contributed by atoms with E-state index in [1.54, 1.807) is 14.2 Å². The van der Waals surface area contributed by atoms with Crippen LogP contribution in [0.15, 0.2) is 42.5 Å². The maximum atomic E-state index is 12.8. The summed E-state index contributed by atoms with van der Waals surface area (Å²) in [5.74, 6) is 2.72. The normalized spacial score (nSPS) is 16.5. The molecule has 0 aromatic heterocycles. The number of rotatable bonds is 7. The smallest absolute Gasteiger partial charge is 0.227 e. The second-order valence-corrected chi connectivity index (χ2v) is 7.34. The van der Waals surface area contributed by atoms with Crippen molar-refractivity contribution in [3.05, 3.63) is 53.6 Å². The quantitative estimate of drug-likeness (QED) is 0.728. The molecule has 2 aromatic rings. The van der Waals surface area contributed by atoms with Gasteiger partial charge in [0.05, 0.1) is 27.2 Å². The van der Waals surface area contributed by atoms with Crippen LogP contribution >= 0.6 is 0 Å². The van der Waals surface area contributed by atoms with E-state index in [1.165, 1.54) is 5.56 Å². The number of ether oxygens (including phenoxy) is 3. The van der Waals surface area contributed by atoms with Crippen molar-refractivity contribution in [1.29, 1.82) is 0 Å². The van der Waals surface area contributed by atoms with E-state index in [9.17, 15) is 4.79 Å². The van der Waals surface area contributed by atoms with Crippen molar-refractivity contribution in [1.82, 2.24) is 4.90 Å². The first-order chi connectivity index (χ1) is 13.6. The van der Waals surface area contributed by atoms with Gasteiger partial charge >= 0.3 is 0 Å². The number of carbonyl (C=O) groups excluding carboxylic acids is 1. The van der Waals surface area contributed by atoms with Crippen LogP contribution in [0.2, 0.25) is 0 Å². The first kappa shape index (κ1) is 20.1. The van der Waals surface area contributed by atoms with Crippen molar-refractivity contribution >= 4 is 5.91 Å². The van der Waals surface area contributed by atoms with Crippen LogP contribution < -0.4 is 14.2 Å². The standard InChI is InChI=1S/C23H29NO4/c1-17-6-9-20(10-7-17)28-16-19-5-4-12-24(15-19)23(25)14-18-8-11-21(26-2)22(13-18)27-3/h6-11,13,19H,4-5,12,14-16H2,1-3H3. The van der Waals surface area contributed by atoms with Crippen LogP contribution in [0.4, 0.5) is 0 Å². The summed E-state index contributed by atoms with van der Waals surface area (Å²) in [5, 5.41) is 0. The lowest BCUT2D eigenvalue weighted by Crippen LogP contribution is -2.42. The summed E-state index contributed by atoms with van der Waals surface area (Å²) in [6, 6.07) is 13.7. The van der Waals surface area contributed by atoms with Gasteiger partial charge in [-0.25, -0.2) is 0 Å². The van der Waals surface area contributed by atoms with E-state index in [1.807, 2.05) is 35.2 Å². The SMILES string of the molecule is COc1ccc(CC(=O)N2CCCC(COc3ccc(C)cc3)C2)cc1OC. The molecule has 0 N–H and O–H groups in total. The third-order valence-corrected chi connectivity index (χ3v) is 5.18. The highest BCUT2D eigenvalue weighted by Gasteiger charge is 2.24. The molecule has 0 aliphatic carbocycles. The minimum Gasteiger partial charge on any atom is -0.493 e. The summed E-state index contributed by atoms with van der Waals surface area (Å²) in [6.07, 6.45) is 2.47. The minimum atomic E-state index is 0.146. The zero-order chi connectivity index (χ0) is 19.9. The first-order valence-electron chi connectivity index (χ1n) is 9.77. The van der Waals surface area contributed by atoms with Gasteiger partial charge in [0.1, 0.15) is 5.75 Å². The predicted octanol–water partition coefficient (Wildman–Crippen LogP) is 3.87. The number of piperidine rings is 1. The minimum absolute atomic E-state index is 0.146. The highest BCUT2D eigenvalue weighted by atomic mass is 16.5. The number of amides is 1. The first-order valence-corrected chi connectivity index (χ1v) is 9.77. The molecule has 0 saturated carbocycles. The van der Waals surface area contributed by atoms with E-state index < -0.39 is 0 Å². The lowest BCUT2D eigenvalue weighted by atomic mass is 9.98. The van der Waals surface area contributed by atoms with Gasteiger partial charge in [-0.2, -0.15) is 0 Å². The van der Waals surface area contributed by atoms with Gasteiger partial charge in [0.25, 0.3) is 0 Å². The number of nitrogens with zero attached hydrogens (tertiary/aromatic N) is 1. The number of hydrogen-bond donors (Lipinski definition) is 0. The van der Waals surface area contributed by atoms with Crippen molar-refractivity contribution < 1.29 is 19.0 Å². The maximum Gasteiger partial charge on any atom is 0.227 e. The average Bonchev–Trinajstić information content (AvgIpc) is 2.73. The number of methoxy groups -OCH3 is 2. The van der Waals surface area contributed by atoms with E-state index in [0.29, 0.717) is 30.4 Å². The number of carbonyl (C=O) groups is 1. The number of hydrogen-bond acceptors (Lipinski definition) is 4. The van der Waals surface area contributed by atoms with Crippen LogP contribution in [0, 0.1) is 12.8 Å². The van der Waals surface area contributed by atoms with E-state index >= 15 is 0 Å². The Morgan fingerprint density at radius 2 is 1.82 bits per heavy atom. The monoisotopic (exact) mass is 383 g/mol. The molecule has 1 heterocycles. The lowest BCUT2D eigenvalue weighted by molar-refractivity contribution is -0.132. The zero-order valence-electron chi connectivity index (χ0n) is 16.9. The Morgan fingerprint density at radius 3 is 2.54 bits per heavy atom. The van der Waals surface area contributed by atoms with E-state index in [0.717, 1.165) is 37.2 Å². The van der Waals surface area contributed by atoms with Crippen molar-refractivity contribution in [2.75, 3.05) is 33.9 Å². The van der Waals surface area contributed by atoms with Crippen LogP contribution in [-0.4, -0.2) is 44.7 Å². The molecule has 1 aliphatic heterocycles. The van der Waals surface area contributed by atoms with Crippen LogP contribution in [0.3, 0.4) is 0 Å². The molecule has 150 valence electrons. The fourth-order valence-corrected chi connectivity index (χ4v) is 3.55. The van der Waals surface area contributed by atoms with Gasteiger partial charge in [-0.05, 0) is 49.6 Å². The van der Waals surface area contributed by atoms with Crippen molar-refractivity contribution in [2.24, 2.45) is 5.92 Å². The molecule has 1 aliphatic rings. The maximum absolute atomic E-state index is 12.8. The van der Waals surface area contributed by atoms with E-state index in [4.69, 9.17) is 14.2 Å². The molecule has 0 spiro atoms. The summed E-state index contributed by atoms with van der Waals surface area (Å²) >= 11 is 0. The van der Waals surface area contributed by atoms with Crippen molar-refractivity contribution in [2.45, 2.75) is 26.2 Å². The number of aryl methyl sites for hydroxylation is 1. The molecule has 1 fully saturated rings. The summed E-state index contributed by atoms with van der Waals surface area (Å²) < 4.78 is 16.5. The third kappa shape index (κ3) is 5.18. The third-order valence-electron chi connectivity index (χ3n) is 5.18. The molecule has 1 amide bonds. The van der Waals surface area contributed by atoms with Gasteiger partial charge < -0.3 is 19.1 Å². The van der Waals surface area contributed by atoms with Crippen LogP contribution in [0.25, 0.3) is 0 Å². The second-order valence-electron chi connectivity index (χ2n) is 7.34. The second kappa shape index (κ2) is 9.49. The Bertz CT molecular complexity index is 788. The van der Waals surface area contributed by atoms with Gasteiger partial charge in [-0.15, -0.1) is 0 Å². The average molecular weight is 383 g/mol. The molecule has 0 radical (unpaired) electrons. The summed E-state index contributed by atoms with van der Waals surface area (Å²) in [6.45, 7) is 4.27. The van der Waals surface area contributed by atoms with Gasteiger partial charge in [0.2, 0.25) is 5.91 Å². The summed E-state index contributed by atoms with van der Waals surface area (Å²) in [7, 11) is 3.21. The molecular formula is C23H29NO4. The zero-order valence-corrected chi connectivity index (χ0v) is 16.9. The Morgan fingerprint density at radius 1 is 1.07 bits per heavy atom. The Kier molecular flexibility index (Phi) is 6.80. The molecular weight excluding hydrogens is 354 g/mol. The number of likely N-dealkylation sites (tertiary alicyclic amines) is 1.